The van der Waals surface area contributed by atoms with Gasteiger partial charge in [0.2, 0.25) is 0 Å². The molecule has 2 aliphatic carbocycles. The minimum absolute atomic E-state index is 0.108. The molecule has 0 radical (unpaired) electrons. The van der Waals surface area contributed by atoms with E-state index in [4.69, 9.17) is 4.74 Å². The summed E-state index contributed by atoms with van der Waals surface area (Å²) in [6, 6.07) is 0. The standard InChI is InChI=1S/C24H41O4P/c1-6-24(4,5)23(27)28-21-12-15(2)11-17-8-7-16(3)20(22(17)21)10-9-18(25)13-19(26)14-29/h7-8,11,15-16,18-22,25-26H,6,9-10,12-14,29H2,1-5H3/t15-,16-,18-,19+,20-,21-,22-/m0/s1. The number of ether oxygens (including phenoxy) is 1. The third kappa shape index (κ3) is 6.39. The van der Waals surface area contributed by atoms with Crippen LogP contribution in [0.3, 0.4) is 0 Å². The van der Waals surface area contributed by atoms with Gasteiger partial charge in [-0.3, -0.25) is 4.79 Å². The van der Waals surface area contributed by atoms with E-state index >= 15 is 0 Å². The SMILES string of the molecule is CCC(C)(C)C(=O)O[C@H]1C[C@@H](C)C=C2C=C[C@H](C)[C@H](CC[C@H](O)C[C@@H](O)CP)[C@H]21. The molecule has 0 aromatic carbocycles. The van der Waals surface area contributed by atoms with Crippen LogP contribution in [0.15, 0.2) is 23.8 Å². The van der Waals surface area contributed by atoms with Crippen LogP contribution < -0.4 is 0 Å². The molecule has 0 aliphatic heterocycles. The molecule has 8 atom stereocenters. The van der Waals surface area contributed by atoms with Gasteiger partial charge in [0.15, 0.2) is 0 Å². The normalized spacial score (nSPS) is 31.6. The van der Waals surface area contributed by atoms with Gasteiger partial charge in [0.1, 0.15) is 6.10 Å². The van der Waals surface area contributed by atoms with Crippen molar-refractivity contribution >= 4 is 15.2 Å². The molecule has 29 heavy (non-hydrogen) atoms. The van der Waals surface area contributed by atoms with E-state index in [1.807, 2.05) is 20.8 Å². The first kappa shape index (κ1) is 24.6. The van der Waals surface area contributed by atoms with Crippen LogP contribution in [0.2, 0.25) is 0 Å². The number of esters is 1. The first-order valence-corrected chi connectivity index (χ1v) is 12.1. The minimum atomic E-state index is -0.501. The summed E-state index contributed by atoms with van der Waals surface area (Å²) >= 11 is 0. The molecule has 0 fully saturated rings. The molecule has 4 nitrogen and oxygen atoms in total. The Morgan fingerprint density at radius 1 is 1.31 bits per heavy atom. The van der Waals surface area contributed by atoms with E-state index in [9.17, 15) is 15.0 Å². The van der Waals surface area contributed by atoms with Gasteiger partial charge in [-0.2, -0.15) is 0 Å². The highest BCUT2D eigenvalue weighted by atomic mass is 31.0. The summed E-state index contributed by atoms with van der Waals surface area (Å²) in [5.74, 6) is 1.14. The minimum Gasteiger partial charge on any atom is -0.461 e. The number of allylic oxidation sites excluding steroid dienone is 3. The highest BCUT2D eigenvalue weighted by molar-refractivity contribution is 7.16. The fraction of sp³-hybridized carbons (Fsp3) is 0.792. The number of rotatable bonds is 9. The molecule has 0 amide bonds. The number of aliphatic hydroxyl groups is 2. The first-order valence-electron chi connectivity index (χ1n) is 11.3. The molecule has 5 heteroatoms. The van der Waals surface area contributed by atoms with Crippen molar-refractivity contribution in [3.05, 3.63) is 23.8 Å². The number of aliphatic hydroxyl groups excluding tert-OH is 2. The van der Waals surface area contributed by atoms with Crippen molar-refractivity contribution in [3.63, 3.8) is 0 Å². The molecule has 0 bridgehead atoms. The predicted octanol–water partition coefficient (Wildman–Crippen LogP) is 4.51. The summed E-state index contributed by atoms with van der Waals surface area (Å²) in [5, 5.41) is 20.2. The second-order valence-corrected chi connectivity index (χ2v) is 10.3. The zero-order valence-electron chi connectivity index (χ0n) is 18.8. The van der Waals surface area contributed by atoms with Crippen LogP contribution in [-0.2, 0) is 9.53 Å². The fourth-order valence-electron chi connectivity index (χ4n) is 4.58. The van der Waals surface area contributed by atoms with E-state index in [-0.39, 0.29) is 18.0 Å². The van der Waals surface area contributed by atoms with E-state index in [1.165, 1.54) is 5.57 Å². The first-order chi connectivity index (χ1) is 13.6. The van der Waals surface area contributed by atoms with E-state index in [1.54, 1.807) is 0 Å². The maximum Gasteiger partial charge on any atom is 0.311 e. The maximum absolute atomic E-state index is 12.8. The zero-order valence-corrected chi connectivity index (χ0v) is 20.0. The molecule has 2 aliphatic rings. The Balaban J connectivity index is 2.17. The second kappa shape index (κ2) is 10.6. The maximum atomic E-state index is 12.8. The number of hydrogen-bond donors (Lipinski definition) is 2. The van der Waals surface area contributed by atoms with Crippen molar-refractivity contribution in [1.82, 2.24) is 0 Å². The highest BCUT2D eigenvalue weighted by Crippen LogP contribution is 2.45. The van der Waals surface area contributed by atoms with Gasteiger partial charge in [-0.15, -0.1) is 9.24 Å². The molecular weight excluding hydrogens is 383 g/mol. The molecule has 2 N–H and O–H groups in total. The Morgan fingerprint density at radius 3 is 2.62 bits per heavy atom. The van der Waals surface area contributed by atoms with Crippen molar-refractivity contribution in [1.29, 1.82) is 0 Å². The fourth-order valence-corrected chi connectivity index (χ4v) is 4.77. The van der Waals surface area contributed by atoms with Crippen LogP contribution in [0, 0.1) is 29.1 Å². The van der Waals surface area contributed by atoms with Gasteiger partial charge >= 0.3 is 5.97 Å². The summed E-state index contributed by atoms with van der Waals surface area (Å²) in [7, 11) is 2.52. The third-order valence-electron chi connectivity index (χ3n) is 6.94. The smallest absolute Gasteiger partial charge is 0.311 e. The number of hydrogen-bond acceptors (Lipinski definition) is 4. The van der Waals surface area contributed by atoms with Gasteiger partial charge in [0.05, 0.1) is 17.6 Å². The summed E-state index contributed by atoms with van der Waals surface area (Å²) < 4.78 is 6.14. The van der Waals surface area contributed by atoms with Crippen molar-refractivity contribution in [2.45, 2.75) is 85.0 Å². The van der Waals surface area contributed by atoms with Crippen LogP contribution in [-0.4, -0.2) is 40.7 Å². The summed E-state index contributed by atoms with van der Waals surface area (Å²) in [6.07, 6.45) is 9.81. The Hall–Kier alpha value is -0.700. The van der Waals surface area contributed by atoms with Gasteiger partial charge in [-0.05, 0) is 75.4 Å². The lowest BCUT2D eigenvalue weighted by Crippen LogP contribution is -2.43. The van der Waals surface area contributed by atoms with Gasteiger partial charge < -0.3 is 14.9 Å². The summed E-state index contributed by atoms with van der Waals surface area (Å²) in [5.41, 5.74) is 0.805. The molecule has 0 spiro atoms. The predicted molar refractivity (Wildman–Crippen MR) is 122 cm³/mol. The molecule has 0 heterocycles. The highest BCUT2D eigenvalue weighted by Gasteiger charge is 2.42. The number of carbonyl (C=O) groups excluding carboxylic acids is 1. The summed E-state index contributed by atoms with van der Waals surface area (Å²) in [4.78, 5) is 12.8. The van der Waals surface area contributed by atoms with Gasteiger partial charge in [-0.1, -0.05) is 39.0 Å². The summed E-state index contributed by atoms with van der Waals surface area (Å²) in [6.45, 7) is 10.3. The molecule has 0 aromatic rings. The Morgan fingerprint density at radius 2 is 2.00 bits per heavy atom. The second-order valence-electron chi connectivity index (χ2n) is 9.83. The zero-order chi connectivity index (χ0) is 21.8. The van der Waals surface area contributed by atoms with Crippen molar-refractivity contribution in [2.24, 2.45) is 29.1 Å². The largest absolute Gasteiger partial charge is 0.461 e. The van der Waals surface area contributed by atoms with Gasteiger partial charge in [0, 0.05) is 5.92 Å². The molecule has 0 saturated heterocycles. The van der Waals surface area contributed by atoms with Crippen LogP contribution >= 0.6 is 9.24 Å². The molecule has 2 rings (SSSR count). The Bertz CT molecular complexity index is 612. The Kier molecular flexibility index (Phi) is 8.94. The molecule has 0 saturated carbocycles. The van der Waals surface area contributed by atoms with E-state index in [0.717, 1.165) is 19.3 Å². The quantitative estimate of drug-likeness (QED) is 0.422. The van der Waals surface area contributed by atoms with Crippen molar-refractivity contribution in [3.8, 4) is 0 Å². The topological polar surface area (TPSA) is 66.8 Å². The van der Waals surface area contributed by atoms with E-state index in [0.29, 0.717) is 36.8 Å². The van der Waals surface area contributed by atoms with Crippen molar-refractivity contribution in [2.75, 3.05) is 6.16 Å². The van der Waals surface area contributed by atoms with Crippen LogP contribution in [0.4, 0.5) is 0 Å². The Labute approximate surface area is 179 Å². The number of carbonyl (C=O) groups is 1. The lowest BCUT2D eigenvalue weighted by molar-refractivity contribution is -0.164. The van der Waals surface area contributed by atoms with E-state index in [2.05, 4.69) is 41.3 Å². The van der Waals surface area contributed by atoms with Gasteiger partial charge in [-0.25, -0.2) is 0 Å². The third-order valence-corrected chi connectivity index (χ3v) is 7.48. The molecule has 166 valence electrons. The average molecular weight is 425 g/mol. The van der Waals surface area contributed by atoms with E-state index < -0.39 is 17.6 Å². The lowest BCUT2D eigenvalue weighted by Gasteiger charge is -2.44. The molecule has 1 unspecified atom stereocenters. The van der Waals surface area contributed by atoms with Crippen LogP contribution in [0.5, 0.6) is 0 Å². The molecular formula is C24H41O4P. The monoisotopic (exact) mass is 424 g/mol. The van der Waals surface area contributed by atoms with Crippen LogP contribution in [0.1, 0.15) is 66.7 Å². The molecule has 0 aromatic heterocycles. The van der Waals surface area contributed by atoms with Gasteiger partial charge in [0.25, 0.3) is 0 Å². The van der Waals surface area contributed by atoms with Crippen LogP contribution in [0.25, 0.3) is 0 Å². The van der Waals surface area contributed by atoms with Crippen molar-refractivity contribution < 1.29 is 19.7 Å². The number of fused-ring (bicyclic) bond motifs is 1. The average Bonchev–Trinajstić information content (AvgIpc) is 2.67. The lowest BCUT2D eigenvalue weighted by atomic mass is 9.65.